The van der Waals surface area contributed by atoms with Crippen molar-refractivity contribution in [3.8, 4) is 0 Å². The summed E-state index contributed by atoms with van der Waals surface area (Å²) in [5, 5.41) is 2.81. The molecule has 0 saturated heterocycles. The quantitative estimate of drug-likeness (QED) is 0.773. The van der Waals surface area contributed by atoms with Gasteiger partial charge in [-0.25, -0.2) is 21.6 Å². The standard InChI is InChI=1S/C10H16N2O4S2/c1-11-18(15,16)10-6-4-3-5-9(10)12-7-8-17(2,13)14/h3-6,11-12H,7-8H2,1-2H3. The monoisotopic (exact) mass is 292 g/mol. The van der Waals surface area contributed by atoms with Crippen LogP contribution >= 0.6 is 0 Å². The molecule has 2 N–H and O–H groups in total. The minimum absolute atomic E-state index is 0.0546. The van der Waals surface area contributed by atoms with E-state index >= 15 is 0 Å². The van der Waals surface area contributed by atoms with Gasteiger partial charge in [-0.3, -0.25) is 0 Å². The fraction of sp³-hybridized carbons (Fsp3) is 0.400. The molecule has 0 amide bonds. The molecule has 0 atom stereocenters. The van der Waals surface area contributed by atoms with Gasteiger partial charge in [0.05, 0.1) is 11.4 Å². The van der Waals surface area contributed by atoms with E-state index < -0.39 is 19.9 Å². The molecule has 18 heavy (non-hydrogen) atoms. The molecule has 0 aliphatic carbocycles. The lowest BCUT2D eigenvalue weighted by Gasteiger charge is -2.11. The van der Waals surface area contributed by atoms with Crippen molar-refractivity contribution in [3.05, 3.63) is 24.3 Å². The van der Waals surface area contributed by atoms with Crippen LogP contribution in [0.4, 0.5) is 5.69 Å². The Bertz CT molecular complexity index is 609. The van der Waals surface area contributed by atoms with E-state index in [0.29, 0.717) is 5.69 Å². The number of benzene rings is 1. The van der Waals surface area contributed by atoms with Crippen LogP contribution in [0, 0.1) is 0 Å². The minimum atomic E-state index is -3.56. The van der Waals surface area contributed by atoms with Crippen molar-refractivity contribution in [2.75, 3.05) is 30.9 Å². The van der Waals surface area contributed by atoms with Crippen LogP contribution in [-0.2, 0) is 19.9 Å². The number of nitrogens with one attached hydrogen (secondary N) is 2. The summed E-state index contributed by atoms with van der Waals surface area (Å²) in [6.45, 7) is 0.162. The van der Waals surface area contributed by atoms with Crippen LogP contribution in [0.1, 0.15) is 0 Å². The maximum Gasteiger partial charge on any atom is 0.242 e. The van der Waals surface area contributed by atoms with Gasteiger partial charge in [0, 0.05) is 12.8 Å². The lowest BCUT2D eigenvalue weighted by Crippen LogP contribution is -2.21. The van der Waals surface area contributed by atoms with E-state index in [1.54, 1.807) is 18.2 Å². The highest BCUT2D eigenvalue weighted by atomic mass is 32.2. The molecular formula is C10H16N2O4S2. The normalized spacial score (nSPS) is 12.3. The maximum atomic E-state index is 11.7. The van der Waals surface area contributed by atoms with Crippen LogP contribution in [0.3, 0.4) is 0 Å². The predicted molar refractivity (Wildman–Crippen MR) is 70.9 cm³/mol. The first kappa shape index (κ1) is 14.9. The van der Waals surface area contributed by atoms with Crippen LogP contribution in [0.25, 0.3) is 0 Å². The van der Waals surface area contributed by atoms with Crippen LogP contribution in [0.5, 0.6) is 0 Å². The van der Waals surface area contributed by atoms with Crippen molar-refractivity contribution in [3.63, 3.8) is 0 Å². The van der Waals surface area contributed by atoms with Crippen LogP contribution < -0.4 is 10.0 Å². The van der Waals surface area contributed by atoms with E-state index in [2.05, 4.69) is 10.0 Å². The highest BCUT2D eigenvalue weighted by Gasteiger charge is 2.15. The first-order chi connectivity index (χ1) is 8.26. The number of para-hydroxylation sites is 1. The molecule has 8 heteroatoms. The fourth-order valence-electron chi connectivity index (χ4n) is 1.33. The smallest absolute Gasteiger partial charge is 0.242 e. The summed E-state index contributed by atoms with van der Waals surface area (Å²) >= 11 is 0. The fourth-order valence-corrected chi connectivity index (χ4v) is 2.71. The van der Waals surface area contributed by atoms with Crippen molar-refractivity contribution in [1.29, 1.82) is 0 Å². The highest BCUT2D eigenvalue weighted by Crippen LogP contribution is 2.19. The second-order valence-electron chi connectivity index (χ2n) is 3.76. The largest absolute Gasteiger partial charge is 0.383 e. The third-order valence-electron chi connectivity index (χ3n) is 2.23. The summed E-state index contributed by atoms with van der Waals surface area (Å²) in [5.41, 5.74) is 0.385. The molecule has 0 bridgehead atoms. The lowest BCUT2D eigenvalue weighted by atomic mass is 10.3. The lowest BCUT2D eigenvalue weighted by molar-refractivity contribution is 0.588. The molecule has 1 rings (SSSR count). The van der Waals surface area contributed by atoms with Gasteiger partial charge < -0.3 is 5.32 Å². The summed E-state index contributed by atoms with van der Waals surface area (Å²) in [4.78, 5) is 0.0981. The molecule has 0 aliphatic heterocycles. The SMILES string of the molecule is CNS(=O)(=O)c1ccccc1NCCS(C)(=O)=O. The summed E-state index contributed by atoms with van der Waals surface area (Å²) in [7, 11) is -5.31. The second kappa shape index (κ2) is 5.68. The highest BCUT2D eigenvalue weighted by molar-refractivity contribution is 7.90. The molecule has 1 aromatic rings. The maximum absolute atomic E-state index is 11.7. The van der Waals surface area contributed by atoms with Gasteiger partial charge in [0.2, 0.25) is 10.0 Å². The first-order valence-electron chi connectivity index (χ1n) is 5.20. The summed E-state index contributed by atoms with van der Waals surface area (Å²) < 4.78 is 47.6. The van der Waals surface area contributed by atoms with E-state index in [-0.39, 0.29) is 17.2 Å². The van der Waals surface area contributed by atoms with Crippen molar-refractivity contribution in [2.45, 2.75) is 4.90 Å². The Balaban J connectivity index is 2.91. The second-order valence-corrected chi connectivity index (χ2v) is 7.88. The van der Waals surface area contributed by atoms with Gasteiger partial charge in [0.15, 0.2) is 0 Å². The van der Waals surface area contributed by atoms with Gasteiger partial charge in [-0.15, -0.1) is 0 Å². The summed E-state index contributed by atoms with van der Waals surface area (Å²) in [6.07, 6.45) is 1.13. The van der Waals surface area contributed by atoms with Gasteiger partial charge in [0.25, 0.3) is 0 Å². The molecule has 0 radical (unpaired) electrons. The molecule has 0 aliphatic rings. The Labute approximate surface area is 107 Å². The molecule has 102 valence electrons. The zero-order valence-corrected chi connectivity index (χ0v) is 11.8. The zero-order chi connectivity index (χ0) is 13.8. The van der Waals surface area contributed by atoms with E-state index in [1.807, 2.05) is 0 Å². The van der Waals surface area contributed by atoms with E-state index in [4.69, 9.17) is 0 Å². The minimum Gasteiger partial charge on any atom is -0.383 e. The molecule has 0 aromatic heterocycles. The molecular weight excluding hydrogens is 276 g/mol. The van der Waals surface area contributed by atoms with E-state index in [1.165, 1.54) is 13.1 Å². The van der Waals surface area contributed by atoms with Crippen LogP contribution in [0.2, 0.25) is 0 Å². The third kappa shape index (κ3) is 4.28. The van der Waals surface area contributed by atoms with Crippen molar-refractivity contribution in [2.24, 2.45) is 0 Å². The van der Waals surface area contributed by atoms with Crippen molar-refractivity contribution < 1.29 is 16.8 Å². The van der Waals surface area contributed by atoms with Gasteiger partial charge in [0.1, 0.15) is 14.7 Å². The molecule has 0 heterocycles. The number of hydrogen-bond acceptors (Lipinski definition) is 5. The average molecular weight is 292 g/mol. The average Bonchev–Trinajstić information content (AvgIpc) is 2.28. The summed E-state index contributed by atoms with van der Waals surface area (Å²) in [5.74, 6) is -0.0546. The van der Waals surface area contributed by atoms with Gasteiger partial charge in [-0.1, -0.05) is 12.1 Å². The molecule has 0 fully saturated rings. The molecule has 6 nitrogen and oxygen atoms in total. The summed E-state index contributed by atoms with van der Waals surface area (Å²) in [6, 6.07) is 6.32. The number of rotatable bonds is 6. The van der Waals surface area contributed by atoms with Crippen molar-refractivity contribution in [1.82, 2.24) is 4.72 Å². The van der Waals surface area contributed by atoms with Crippen LogP contribution in [-0.4, -0.2) is 42.4 Å². The Kier molecular flexibility index (Phi) is 4.71. The number of sulfonamides is 1. The van der Waals surface area contributed by atoms with E-state index in [9.17, 15) is 16.8 Å². The number of sulfone groups is 1. The van der Waals surface area contributed by atoms with Crippen LogP contribution in [0.15, 0.2) is 29.2 Å². The third-order valence-corrected chi connectivity index (χ3v) is 4.65. The first-order valence-corrected chi connectivity index (χ1v) is 8.75. The van der Waals surface area contributed by atoms with Gasteiger partial charge in [-0.05, 0) is 19.2 Å². The molecule has 0 unspecified atom stereocenters. The molecule has 0 spiro atoms. The zero-order valence-electron chi connectivity index (χ0n) is 10.2. The predicted octanol–water partition coefficient (Wildman–Crippen LogP) is 0.0512. The Morgan fingerprint density at radius 3 is 2.28 bits per heavy atom. The number of hydrogen-bond donors (Lipinski definition) is 2. The Morgan fingerprint density at radius 1 is 1.11 bits per heavy atom. The topological polar surface area (TPSA) is 92.3 Å². The van der Waals surface area contributed by atoms with Gasteiger partial charge >= 0.3 is 0 Å². The van der Waals surface area contributed by atoms with Crippen molar-refractivity contribution >= 4 is 25.5 Å². The molecule has 1 aromatic carbocycles. The van der Waals surface area contributed by atoms with Gasteiger partial charge in [-0.2, -0.15) is 0 Å². The molecule has 0 saturated carbocycles. The Hall–Kier alpha value is -1.12. The van der Waals surface area contributed by atoms with E-state index in [0.717, 1.165) is 6.26 Å². The number of anilines is 1. The Morgan fingerprint density at radius 2 is 1.72 bits per heavy atom.